The summed E-state index contributed by atoms with van der Waals surface area (Å²) in [7, 11) is 1.83. The molecular formula is C20H23N7O5S2. The molecule has 4 rings (SSSR count). The fourth-order valence-corrected chi connectivity index (χ4v) is 5.46. The molecule has 2 aromatic heterocycles. The molecule has 12 nitrogen and oxygen atoms in total. The molecule has 0 aliphatic carbocycles. The molecule has 2 atom stereocenters. The van der Waals surface area contributed by atoms with Crippen molar-refractivity contribution in [3.05, 3.63) is 40.8 Å². The van der Waals surface area contributed by atoms with Crippen molar-refractivity contribution >= 4 is 51.7 Å². The normalized spacial score (nSPS) is 20.3. The number of β-lactam (4-membered cyclic amide) rings is 1. The molecule has 14 heteroatoms. The van der Waals surface area contributed by atoms with Crippen molar-refractivity contribution in [2.45, 2.75) is 37.9 Å². The minimum atomic E-state index is -1.43. The van der Waals surface area contributed by atoms with Gasteiger partial charge >= 0.3 is 0 Å². The predicted molar refractivity (Wildman–Crippen MR) is 122 cm³/mol. The maximum atomic E-state index is 13.0. The largest absolute Gasteiger partial charge is 0.543 e. The second kappa shape index (κ2) is 9.46. The SMILES string of the molecule is CC(C)ON=C(C(=O)N[C@@H]1C(=O)N2C(C(=O)[O-])=C(Cn3ccc[n+]3C)CS[C@H]12)c1csc(N)n1. The number of carbonyl (C=O) groups excluding carboxylic acids is 3. The number of hydrogen-bond acceptors (Lipinski definition) is 10. The van der Waals surface area contributed by atoms with Crippen LogP contribution in [0.2, 0.25) is 0 Å². The number of oxime groups is 1. The number of thiazole rings is 1. The number of nitrogens with zero attached hydrogens (tertiary/aromatic N) is 5. The van der Waals surface area contributed by atoms with E-state index in [0.29, 0.717) is 17.9 Å². The number of anilines is 1. The van der Waals surface area contributed by atoms with E-state index in [9.17, 15) is 19.5 Å². The molecule has 2 aromatic rings. The topological polar surface area (TPSA) is 159 Å². The molecule has 0 unspecified atom stereocenters. The van der Waals surface area contributed by atoms with Gasteiger partial charge in [-0.15, -0.1) is 27.8 Å². The number of thioether (sulfide) groups is 1. The molecule has 2 aliphatic rings. The zero-order valence-electron chi connectivity index (χ0n) is 18.6. The van der Waals surface area contributed by atoms with E-state index in [1.165, 1.54) is 16.7 Å². The number of aliphatic carboxylic acids is 1. The Morgan fingerprint density at radius 3 is 2.82 bits per heavy atom. The highest BCUT2D eigenvalue weighted by atomic mass is 32.2. The maximum Gasteiger partial charge on any atom is 0.276 e. The summed E-state index contributed by atoms with van der Waals surface area (Å²) in [6.07, 6.45) is 3.35. The molecule has 2 amide bonds. The molecule has 0 spiro atoms. The van der Waals surface area contributed by atoms with Crippen molar-refractivity contribution in [2.75, 3.05) is 11.5 Å². The lowest BCUT2D eigenvalue weighted by Crippen LogP contribution is -2.71. The van der Waals surface area contributed by atoms with Crippen LogP contribution in [0.3, 0.4) is 0 Å². The second-order valence-electron chi connectivity index (χ2n) is 7.93. The molecule has 4 heterocycles. The van der Waals surface area contributed by atoms with E-state index in [2.05, 4.69) is 15.5 Å². The van der Waals surface area contributed by atoms with Gasteiger partial charge in [-0.05, 0) is 19.4 Å². The first-order chi connectivity index (χ1) is 16.2. The third-order valence-electron chi connectivity index (χ3n) is 5.18. The molecule has 3 N–H and O–H groups in total. The molecule has 0 aromatic carbocycles. The van der Waals surface area contributed by atoms with Gasteiger partial charge in [-0.2, -0.15) is 4.68 Å². The Kier molecular flexibility index (Phi) is 6.61. The number of aromatic nitrogens is 3. The Hall–Kier alpha value is -3.39. The van der Waals surface area contributed by atoms with Crippen LogP contribution in [-0.2, 0) is 32.8 Å². The van der Waals surface area contributed by atoms with E-state index < -0.39 is 29.2 Å². The molecule has 0 radical (unpaired) electrons. The Morgan fingerprint density at radius 1 is 1.47 bits per heavy atom. The quantitative estimate of drug-likeness (QED) is 0.191. The number of carboxylic acids is 1. The van der Waals surface area contributed by atoms with Crippen molar-refractivity contribution in [1.29, 1.82) is 0 Å². The number of amides is 2. The van der Waals surface area contributed by atoms with Crippen LogP contribution in [0.1, 0.15) is 19.5 Å². The van der Waals surface area contributed by atoms with Crippen LogP contribution in [0.15, 0.2) is 40.3 Å². The van der Waals surface area contributed by atoms with Crippen LogP contribution in [-0.4, -0.2) is 61.3 Å². The first-order valence-electron chi connectivity index (χ1n) is 10.3. The fourth-order valence-electron chi connectivity index (χ4n) is 3.57. The third-order valence-corrected chi connectivity index (χ3v) is 7.19. The van der Waals surface area contributed by atoms with Crippen LogP contribution < -0.4 is 20.8 Å². The average molecular weight is 506 g/mol. The van der Waals surface area contributed by atoms with E-state index in [4.69, 9.17) is 10.6 Å². The number of carbonyl (C=O) groups is 3. The minimum Gasteiger partial charge on any atom is -0.543 e. The molecule has 2 aliphatic heterocycles. The van der Waals surface area contributed by atoms with Gasteiger partial charge in [0.05, 0.1) is 17.9 Å². The lowest BCUT2D eigenvalue weighted by molar-refractivity contribution is -0.752. The number of hydrogen-bond donors (Lipinski definition) is 2. The first-order valence-corrected chi connectivity index (χ1v) is 12.2. The zero-order valence-corrected chi connectivity index (χ0v) is 20.3. The molecule has 0 bridgehead atoms. The van der Waals surface area contributed by atoms with Crippen molar-refractivity contribution in [1.82, 2.24) is 19.9 Å². The van der Waals surface area contributed by atoms with E-state index >= 15 is 0 Å². The zero-order chi connectivity index (χ0) is 24.6. The molecule has 180 valence electrons. The number of carboxylic acid groups (broad SMARTS) is 1. The van der Waals surface area contributed by atoms with Gasteiger partial charge in [-0.1, -0.05) is 5.16 Å². The van der Waals surface area contributed by atoms with E-state index in [0.717, 1.165) is 11.3 Å². The molecule has 1 fully saturated rings. The standard InChI is InChI=1S/C20H23N7O5S2/c1-10(2)32-24-13(12-9-34-20(21)22-12)16(28)23-14-17(29)27-15(19(30)31)11(8-33-18(14)27)7-26-6-4-5-25(26)3/h4-6,9-10,14,18H,7-8H2,1-3H3,(H3-,21,22,23,28,30,31)/t14-,18-/m1/s1. The lowest BCUT2D eigenvalue weighted by atomic mass is 10.0. The summed E-state index contributed by atoms with van der Waals surface area (Å²) >= 11 is 2.50. The van der Waals surface area contributed by atoms with Crippen molar-refractivity contribution in [3.63, 3.8) is 0 Å². The van der Waals surface area contributed by atoms with Crippen LogP contribution in [0, 0.1) is 0 Å². The van der Waals surface area contributed by atoms with Gasteiger partial charge in [0, 0.05) is 17.2 Å². The van der Waals surface area contributed by atoms with E-state index in [1.807, 2.05) is 34.9 Å². The number of aryl methyl sites for hydroxylation is 1. The maximum absolute atomic E-state index is 13.0. The Labute approximate surface area is 203 Å². The minimum absolute atomic E-state index is 0.120. The summed E-state index contributed by atoms with van der Waals surface area (Å²) in [4.78, 5) is 48.4. The van der Waals surface area contributed by atoms with Crippen molar-refractivity contribution in [3.8, 4) is 0 Å². The highest BCUT2D eigenvalue weighted by Crippen LogP contribution is 2.40. The van der Waals surface area contributed by atoms with Crippen LogP contribution in [0.4, 0.5) is 5.13 Å². The van der Waals surface area contributed by atoms with Gasteiger partial charge in [-0.25, -0.2) is 4.98 Å². The van der Waals surface area contributed by atoms with Gasteiger partial charge in [-0.3, -0.25) is 14.5 Å². The van der Waals surface area contributed by atoms with Gasteiger partial charge in [0.15, 0.2) is 24.1 Å². The molecule has 34 heavy (non-hydrogen) atoms. The third kappa shape index (κ3) is 4.50. The average Bonchev–Trinajstić information content (AvgIpc) is 3.39. The number of fused-ring (bicyclic) bond motifs is 1. The monoisotopic (exact) mass is 505 g/mol. The summed E-state index contributed by atoms with van der Waals surface area (Å²) in [5.41, 5.74) is 6.18. The Morgan fingerprint density at radius 2 is 2.24 bits per heavy atom. The van der Waals surface area contributed by atoms with E-state index in [1.54, 1.807) is 19.2 Å². The predicted octanol–water partition coefficient (Wildman–Crippen LogP) is -1.42. The highest BCUT2D eigenvalue weighted by Gasteiger charge is 2.53. The fraction of sp³-hybridized carbons (Fsp3) is 0.400. The summed E-state index contributed by atoms with van der Waals surface area (Å²) in [5, 5.41) is 19.7. The summed E-state index contributed by atoms with van der Waals surface area (Å²) in [6, 6.07) is 0.896. The number of nitrogens with two attached hydrogens (primary N) is 1. The smallest absolute Gasteiger partial charge is 0.276 e. The Bertz CT molecular complexity index is 1200. The van der Waals surface area contributed by atoms with Gasteiger partial charge in [0.2, 0.25) is 0 Å². The first kappa shape index (κ1) is 23.8. The van der Waals surface area contributed by atoms with Crippen LogP contribution in [0.5, 0.6) is 0 Å². The Balaban J connectivity index is 1.54. The van der Waals surface area contributed by atoms with Gasteiger partial charge in [0.1, 0.15) is 29.8 Å². The molecule has 0 saturated carbocycles. The molecule has 1 saturated heterocycles. The highest BCUT2D eigenvalue weighted by molar-refractivity contribution is 8.00. The summed E-state index contributed by atoms with van der Waals surface area (Å²) < 4.78 is 3.63. The van der Waals surface area contributed by atoms with Gasteiger partial charge < -0.3 is 25.8 Å². The molecular weight excluding hydrogens is 482 g/mol. The second-order valence-corrected chi connectivity index (χ2v) is 9.92. The number of nitrogen functional groups attached to an aromatic ring is 1. The lowest BCUT2D eigenvalue weighted by Gasteiger charge is -2.50. The van der Waals surface area contributed by atoms with E-state index in [-0.39, 0.29) is 28.3 Å². The number of nitrogens with one attached hydrogen (secondary N) is 1. The summed E-state index contributed by atoms with van der Waals surface area (Å²) in [5.74, 6) is -2.28. The van der Waals surface area contributed by atoms with Crippen LogP contribution >= 0.6 is 23.1 Å². The van der Waals surface area contributed by atoms with Crippen molar-refractivity contribution in [2.24, 2.45) is 12.2 Å². The number of rotatable bonds is 8. The van der Waals surface area contributed by atoms with Crippen molar-refractivity contribution < 1.29 is 29.0 Å². The van der Waals surface area contributed by atoms with Crippen LogP contribution in [0.25, 0.3) is 0 Å². The summed E-state index contributed by atoms with van der Waals surface area (Å²) in [6.45, 7) is 3.79. The van der Waals surface area contributed by atoms with Gasteiger partial charge in [0.25, 0.3) is 11.8 Å².